The lowest BCUT2D eigenvalue weighted by Crippen LogP contribution is -2.29. The Hall–Kier alpha value is -0.980. The third-order valence-corrected chi connectivity index (χ3v) is 3.33. The molecule has 0 aliphatic carbocycles. The van der Waals surface area contributed by atoms with Gasteiger partial charge in [0, 0.05) is 36.3 Å². The average Bonchev–Trinajstić information content (AvgIpc) is 2.27. The maximum Gasteiger partial charge on any atom is 0.270 e. The van der Waals surface area contributed by atoms with Gasteiger partial charge in [-0.3, -0.25) is 10.1 Å². The van der Waals surface area contributed by atoms with Crippen molar-refractivity contribution in [2.24, 2.45) is 5.41 Å². The molecule has 0 saturated carbocycles. The van der Waals surface area contributed by atoms with Gasteiger partial charge >= 0.3 is 0 Å². The number of hydrogen-bond donors (Lipinski definition) is 2. The fourth-order valence-electron chi connectivity index (χ4n) is 1.78. The molecular weight excluding hydrogens is 312 g/mol. The van der Waals surface area contributed by atoms with Crippen LogP contribution < -0.4 is 5.32 Å². The van der Waals surface area contributed by atoms with Crippen LogP contribution in [-0.2, 0) is 6.54 Å². The first-order chi connectivity index (χ1) is 8.84. The quantitative estimate of drug-likeness (QED) is 0.595. The molecule has 0 aliphatic rings. The summed E-state index contributed by atoms with van der Waals surface area (Å²) in [6.07, 6.45) is 0.721. The lowest BCUT2D eigenvalue weighted by atomic mass is 9.90. The van der Waals surface area contributed by atoms with Crippen LogP contribution in [-0.4, -0.2) is 23.2 Å². The maximum atomic E-state index is 10.8. The number of nitrogens with one attached hydrogen (secondary N) is 1. The van der Waals surface area contributed by atoms with Crippen LogP contribution in [0.5, 0.6) is 0 Å². The fraction of sp³-hybridized carbons (Fsp3) is 0.538. The summed E-state index contributed by atoms with van der Waals surface area (Å²) in [6.45, 7) is 5.61. The molecular formula is C13H19BrN2O3. The molecule has 0 radical (unpaired) electrons. The molecule has 0 atom stereocenters. The first-order valence-corrected chi connectivity index (χ1v) is 6.89. The lowest BCUT2D eigenvalue weighted by Gasteiger charge is -2.24. The van der Waals surface area contributed by atoms with Crippen molar-refractivity contribution < 1.29 is 10.0 Å². The number of hydrogen-bond acceptors (Lipinski definition) is 4. The molecule has 2 N–H and O–H groups in total. The molecule has 1 aromatic carbocycles. The van der Waals surface area contributed by atoms with Crippen molar-refractivity contribution in [1.29, 1.82) is 0 Å². The number of non-ortho nitro benzene ring substituents is 1. The monoisotopic (exact) mass is 330 g/mol. The fourth-order valence-corrected chi connectivity index (χ4v) is 2.31. The molecule has 0 heterocycles. The van der Waals surface area contributed by atoms with E-state index in [0.717, 1.165) is 18.5 Å². The first kappa shape index (κ1) is 16.1. The molecule has 0 bridgehead atoms. The minimum Gasteiger partial charge on any atom is -0.396 e. The van der Waals surface area contributed by atoms with E-state index in [1.165, 1.54) is 6.07 Å². The van der Waals surface area contributed by atoms with Crippen LogP contribution in [0.4, 0.5) is 5.69 Å². The van der Waals surface area contributed by atoms with Gasteiger partial charge in [0.15, 0.2) is 0 Å². The van der Waals surface area contributed by atoms with Gasteiger partial charge in [-0.25, -0.2) is 0 Å². The highest BCUT2D eigenvalue weighted by Gasteiger charge is 2.16. The van der Waals surface area contributed by atoms with E-state index in [-0.39, 0.29) is 17.7 Å². The summed E-state index contributed by atoms with van der Waals surface area (Å²) in [5.74, 6) is 0. The molecule has 0 unspecified atom stereocenters. The number of rotatable bonds is 7. The predicted octanol–water partition coefficient (Wildman–Crippen LogP) is 2.86. The molecule has 106 valence electrons. The number of benzene rings is 1. The van der Waals surface area contributed by atoms with Crippen molar-refractivity contribution in [2.45, 2.75) is 26.8 Å². The Labute approximate surface area is 121 Å². The molecule has 0 saturated heterocycles. The predicted molar refractivity (Wildman–Crippen MR) is 78.0 cm³/mol. The van der Waals surface area contributed by atoms with Crippen LogP contribution >= 0.6 is 15.9 Å². The molecule has 5 nitrogen and oxygen atoms in total. The Morgan fingerprint density at radius 3 is 2.68 bits per heavy atom. The van der Waals surface area contributed by atoms with Crippen molar-refractivity contribution >= 4 is 21.6 Å². The number of nitro groups is 1. The van der Waals surface area contributed by atoms with Crippen molar-refractivity contribution in [3.8, 4) is 0 Å². The van der Waals surface area contributed by atoms with E-state index < -0.39 is 4.92 Å². The smallest absolute Gasteiger partial charge is 0.270 e. The van der Waals surface area contributed by atoms with Crippen LogP contribution in [0.3, 0.4) is 0 Å². The molecule has 0 spiro atoms. The van der Waals surface area contributed by atoms with Crippen molar-refractivity contribution in [1.82, 2.24) is 5.32 Å². The lowest BCUT2D eigenvalue weighted by molar-refractivity contribution is -0.385. The first-order valence-electron chi connectivity index (χ1n) is 6.09. The van der Waals surface area contributed by atoms with E-state index in [4.69, 9.17) is 5.11 Å². The van der Waals surface area contributed by atoms with Gasteiger partial charge in [-0.1, -0.05) is 29.8 Å². The van der Waals surface area contributed by atoms with E-state index >= 15 is 0 Å². The van der Waals surface area contributed by atoms with E-state index in [9.17, 15) is 10.1 Å². The van der Waals surface area contributed by atoms with Gasteiger partial charge in [-0.15, -0.1) is 0 Å². The van der Waals surface area contributed by atoms with Crippen LogP contribution in [0.15, 0.2) is 22.7 Å². The number of nitro benzene ring substituents is 1. The zero-order chi connectivity index (χ0) is 14.5. The Kier molecular flexibility index (Phi) is 5.90. The van der Waals surface area contributed by atoms with Gasteiger partial charge in [0.1, 0.15) is 0 Å². The summed E-state index contributed by atoms with van der Waals surface area (Å²) in [5.41, 5.74) is 0.953. The highest BCUT2D eigenvalue weighted by molar-refractivity contribution is 9.10. The summed E-state index contributed by atoms with van der Waals surface area (Å²) in [5, 5.41) is 23.0. The van der Waals surface area contributed by atoms with E-state index in [1.807, 2.05) is 6.07 Å². The van der Waals surface area contributed by atoms with Crippen molar-refractivity contribution in [3.05, 3.63) is 38.3 Å². The second-order valence-electron chi connectivity index (χ2n) is 5.32. The number of aliphatic hydroxyl groups is 1. The number of aliphatic hydroxyl groups excluding tert-OH is 1. The van der Waals surface area contributed by atoms with E-state index in [2.05, 4.69) is 35.1 Å². The van der Waals surface area contributed by atoms with E-state index in [0.29, 0.717) is 11.0 Å². The van der Waals surface area contributed by atoms with Gasteiger partial charge in [-0.2, -0.15) is 0 Å². The summed E-state index contributed by atoms with van der Waals surface area (Å²) >= 11 is 3.27. The average molecular weight is 331 g/mol. The van der Waals surface area contributed by atoms with Crippen LogP contribution in [0.2, 0.25) is 0 Å². The largest absolute Gasteiger partial charge is 0.396 e. The summed E-state index contributed by atoms with van der Waals surface area (Å²) < 4.78 is 0.702. The zero-order valence-corrected chi connectivity index (χ0v) is 12.7. The Bertz CT molecular complexity index is 450. The second-order valence-corrected chi connectivity index (χ2v) is 6.23. The Morgan fingerprint density at radius 2 is 2.11 bits per heavy atom. The molecule has 1 rings (SSSR count). The molecule has 6 heteroatoms. The molecule has 0 amide bonds. The molecule has 0 aliphatic heterocycles. The highest BCUT2D eigenvalue weighted by atomic mass is 79.9. The third-order valence-electron chi connectivity index (χ3n) is 2.87. The van der Waals surface area contributed by atoms with Gasteiger partial charge in [0.05, 0.1) is 4.92 Å². The van der Waals surface area contributed by atoms with E-state index in [1.54, 1.807) is 6.07 Å². The molecule has 1 aromatic rings. The van der Waals surface area contributed by atoms with Crippen LogP contribution in [0.25, 0.3) is 0 Å². The number of halogens is 1. The van der Waals surface area contributed by atoms with Crippen LogP contribution in [0, 0.1) is 15.5 Å². The van der Waals surface area contributed by atoms with Crippen LogP contribution in [0.1, 0.15) is 25.8 Å². The topological polar surface area (TPSA) is 75.4 Å². The minimum atomic E-state index is -0.399. The second kappa shape index (κ2) is 6.98. The van der Waals surface area contributed by atoms with Crippen molar-refractivity contribution in [2.75, 3.05) is 13.2 Å². The molecule has 19 heavy (non-hydrogen) atoms. The molecule has 0 fully saturated rings. The Morgan fingerprint density at radius 1 is 1.42 bits per heavy atom. The van der Waals surface area contributed by atoms with Gasteiger partial charge in [0.25, 0.3) is 5.69 Å². The Balaban J connectivity index is 2.61. The highest BCUT2D eigenvalue weighted by Crippen LogP contribution is 2.22. The standard InChI is InChI=1S/C13H19BrN2O3/c1-13(2,3-4-17)9-15-8-10-5-11(14)7-12(6-10)16(18)19/h5-7,15,17H,3-4,8-9H2,1-2H3. The SMILES string of the molecule is CC(C)(CCO)CNCc1cc(Br)cc([N+](=O)[O-])c1. The summed E-state index contributed by atoms with van der Waals surface area (Å²) in [6, 6.07) is 4.91. The van der Waals surface area contributed by atoms with Gasteiger partial charge in [0.2, 0.25) is 0 Å². The van der Waals surface area contributed by atoms with Gasteiger partial charge in [-0.05, 0) is 23.5 Å². The van der Waals surface area contributed by atoms with Gasteiger partial charge < -0.3 is 10.4 Å². The number of nitrogens with zero attached hydrogens (tertiary/aromatic N) is 1. The summed E-state index contributed by atoms with van der Waals surface area (Å²) in [7, 11) is 0. The zero-order valence-electron chi connectivity index (χ0n) is 11.1. The molecule has 0 aromatic heterocycles. The van der Waals surface area contributed by atoms with Crippen molar-refractivity contribution in [3.63, 3.8) is 0 Å². The minimum absolute atomic E-state index is 0.00664. The third kappa shape index (κ3) is 5.67. The normalized spacial score (nSPS) is 11.6. The maximum absolute atomic E-state index is 10.8. The summed E-state index contributed by atoms with van der Waals surface area (Å²) in [4.78, 5) is 10.4.